The maximum absolute atomic E-state index is 12.2. The summed E-state index contributed by atoms with van der Waals surface area (Å²) in [6, 6.07) is 7.73. The molecule has 0 spiro atoms. The van der Waals surface area contributed by atoms with E-state index in [1.165, 1.54) is 0 Å². The summed E-state index contributed by atoms with van der Waals surface area (Å²) in [7, 11) is 0. The molecule has 1 aromatic carbocycles. The maximum atomic E-state index is 12.2. The van der Waals surface area contributed by atoms with Crippen molar-refractivity contribution in [3.8, 4) is 0 Å². The molecule has 21 heavy (non-hydrogen) atoms. The van der Waals surface area contributed by atoms with E-state index in [0.29, 0.717) is 18.8 Å². The summed E-state index contributed by atoms with van der Waals surface area (Å²) in [4.78, 5) is 23.9. The lowest BCUT2D eigenvalue weighted by Crippen LogP contribution is -2.57. The van der Waals surface area contributed by atoms with Gasteiger partial charge in [-0.3, -0.25) is 4.79 Å². The summed E-state index contributed by atoms with van der Waals surface area (Å²) in [5, 5.41) is 12.3. The van der Waals surface area contributed by atoms with Gasteiger partial charge >= 0.3 is 5.97 Å². The van der Waals surface area contributed by atoms with Crippen LogP contribution in [-0.4, -0.2) is 22.5 Å². The number of carbonyl (C=O) groups excluding carboxylic acids is 1. The van der Waals surface area contributed by atoms with Gasteiger partial charge in [0.1, 0.15) is 5.54 Å². The number of carboxylic acids is 1. The highest BCUT2D eigenvalue weighted by Gasteiger charge is 2.43. The molecule has 0 aliphatic heterocycles. The predicted molar refractivity (Wildman–Crippen MR) is 81.0 cm³/mol. The Hall–Kier alpha value is -1.84. The molecule has 2 unspecified atom stereocenters. The van der Waals surface area contributed by atoms with E-state index in [2.05, 4.69) is 5.32 Å². The number of amides is 1. The Kier molecular flexibility index (Phi) is 4.66. The minimum absolute atomic E-state index is 0.211. The summed E-state index contributed by atoms with van der Waals surface area (Å²) >= 11 is 0. The Morgan fingerprint density at radius 3 is 2.81 bits per heavy atom. The van der Waals surface area contributed by atoms with Gasteiger partial charge in [0.05, 0.1) is 6.42 Å². The first-order valence-corrected chi connectivity index (χ1v) is 7.51. The van der Waals surface area contributed by atoms with Gasteiger partial charge in [-0.2, -0.15) is 0 Å². The van der Waals surface area contributed by atoms with E-state index in [-0.39, 0.29) is 12.3 Å². The molecule has 0 radical (unpaired) electrons. The van der Waals surface area contributed by atoms with Crippen molar-refractivity contribution in [1.82, 2.24) is 5.32 Å². The van der Waals surface area contributed by atoms with Crippen LogP contribution in [0.5, 0.6) is 0 Å². The van der Waals surface area contributed by atoms with Crippen LogP contribution in [-0.2, 0) is 16.0 Å². The van der Waals surface area contributed by atoms with Crippen molar-refractivity contribution in [2.75, 3.05) is 0 Å². The fraction of sp³-hybridized carbons (Fsp3) is 0.529. The van der Waals surface area contributed by atoms with Gasteiger partial charge in [0, 0.05) is 0 Å². The molecule has 2 atom stereocenters. The third-order valence-electron chi connectivity index (χ3n) is 4.23. The second kappa shape index (κ2) is 6.29. The first-order valence-electron chi connectivity index (χ1n) is 7.51. The Labute approximate surface area is 125 Å². The minimum Gasteiger partial charge on any atom is -0.480 e. The fourth-order valence-electron chi connectivity index (χ4n) is 3.23. The lowest BCUT2D eigenvalue weighted by atomic mass is 9.76. The standard InChI is InChI=1S/C17H23NO3/c1-12-5-3-7-14(9-12)10-15(19)18-17(16(20)21)8-4-6-13(2)11-17/h3,5,7,9,13H,4,6,8,10-11H2,1-2H3,(H,18,19)(H,20,21). The first-order chi connectivity index (χ1) is 9.91. The highest BCUT2D eigenvalue weighted by atomic mass is 16.4. The molecule has 4 nitrogen and oxygen atoms in total. The number of nitrogens with one attached hydrogen (secondary N) is 1. The molecule has 4 heteroatoms. The van der Waals surface area contributed by atoms with Crippen molar-refractivity contribution in [3.05, 3.63) is 35.4 Å². The molecule has 0 aromatic heterocycles. The molecule has 1 aliphatic rings. The molecule has 1 saturated carbocycles. The molecule has 1 aliphatic carbocycles. The van der Waals surface area contributed by atoms with Crippen molar-refractivity contribution in [1.29, 1.82) is 0 Å². The Morgan fingerprint density at radius 2 is 2.19 bits per heavy atom. The molecule has 114 valence electrons. The van der Waals surface area contributed by atoms with Gasteiger partial charge in [0.2, 0.25) is 5.91 Å². The number of hydrogen-bond acceptors (Lipinski definition) is 2. The van der Waals surface area contributed by atoms with Crippen molar-refractivity contribution < 1.29 is 14.7 Å². The number of carbonyl (C=O) groups is 2. The normalized spacial score (nSPS) is 25.3. The monoisotopic (exact) mass is 289 g/mol. The summed E-state index contributed by atoms with van der Waals surface area (Å²) < 4.78 is 0. The zero-order valence-electron chi connectivity index (χ0n) is 12.7. The van der Waals surface area contributed by atoms with Crippen LogP contribution in [0.25, 0.3) is 0 Å². The predicted octanol–water partition coefficient (Wildman–Crippen LogP) is 2.69. The van der Waals surface area contributed by atoms with E-state index in [0.717, 1.165) is 24.0 Å². The Morgan fingerprint density at radius 1 is 1.43 bits per heavy atom. The fourth-order valence-corrected chi connectivity index (χ4v) is 3.23. The van der Waals surface area contributed by atoms with Crippen LogP contribution in [0.4, 0.5) is 0 Å². The van der Waals surface area contributed by atoms with Crippen LogP contribution in [0.15, 0.2) is 24.3 Å². The van der Waals surface area contributed by atoms with Gasteiger partial charge in [-0.25, -0.2) is 4.79 Å². The first kappa shape index (κ1) is 15.5. The van der Waals surface area contributed by atoms with E-state index < -0.39 is 11.5 Å². The molecule has 1 fully saturated rings. The van der Waals surface area contributed by atoms with Gasteiger partial charge in [0.15, 0.2) is 0 Å². The SMILES string of the molecule is Cc1cccc(CC(=O)NC2(C(=O)O)CCCC(C)C2)c1. The second-order valence-electron chi connectivity index (χ2n) is 6.30. The van der Waals surface area contributed by atoms with Crippen LogP contribution in [0.2, 0.25) is 0 Å². The summed E-state index contributed by atoms with van der Waals surface area (Å²) in [6.45, 7) is 4.02. The van der Waals surface area contributed by atoms with Crippen LogP contribution in [0.3, 0.4) is 0 Å². The van der Waals surface area contributed by atoms with E-state index >= 15 is 0 Å². The van der Waals surface area contributed by atoms with Crippen LogP contribution in [0.1, 0.15) is 43.7 Å². The molecule has 2 rings (SSSR count). The summed E-state index contributed by atoms with van der Waals surface area (Å²) in [5.41, 5.74) is 0.926. The van der Waals surface area contributed by atoms with Crippen molar-refractivity contribution in [2.24, 2.45) is 5.92 Å². The highest BCUT2D eigenvalue weighted by Crippen LogP contribution is 2.32. The largest absolute Gasteiger partial charge is 0.480 e. The van der Waals surface area contributed by atoms with Gasteiger partial charge in [-0.15, -0.1) is 0 Å². The number of aryl methyl sites for hydroxylation is 1. The molecule has 0 bridgehead atoms. The number of carboxylic acid groups (broad SMARTS) is 1. The van der Waals surface area contributed by atoms with E-state index in [9.17, 15) is 14.7 Å². The average molecular weight is 289 g/mol. The van der Waals surface area contributed by atoms with Crippen LogP contribution >= 0.6 is 0 Å². The number of hydrogen-bond donors (Lipinski definition) is 2. The van der Waals surface area contributed by atoms with Crippen molar-refractivity contribution in [2.45, 2.75) is 51.5 Å². The van der Waals surface area contributed by atoms with Crippen LogP contribution in [0, 0.1) is 12.8 Å². The minimum atomic E-state index is -1.08. The lowest BCUT2D eigenvalue weighted by Gasteiger charge is -2.37. The van der Waals surface area contributed by atoms with Gasteiger partial charge in [-0.05, 0) is 31.2 Å². The average Bonchev–Trinajstić information content (AvgIpc) is 2.38. The maximum Gasteiger partial charge on any atom is 0.329 e. The zero-order valence-corrected chi connectivity index (χ0v) is 12.7. The molecule has 0 saturated heterocycles. The second-order valence-corrected chi connectivity index (χ2v) is 6.30. The molecule has 2 N–H and O–H groups in total. The third-order valence-corrected chi connectivity index (χ3v) is 4.23. The lowest BCUT2D eigenvalue weighted by molar-refractivity contribution is -0.150. The van der Waals surface area contributed by atoms with Gasteiger partial charge < -0.3 is 10.4 Å². The third kappa shape index (κ3) is 3.84. The molecule has 1 aromatic rings. The smallest absolute Gasteiger partial charge is 0.329 e. The Balaban J connectivity index is 2.07. The quantitative estimate of drug-likeness (QED) is 0.895. The summed E-state index contributed by atoms with van der Waals surface area (Å²) in [6.07, 6.45) is 3.14. The van der Waals surface area contributed by atoms with Crippen molar-refractivity contribution >= 4 is 11.9 Å². The van der Waals surface area contributed by atoms with E-state index in [1.54, 1.807) is 0 Å². The van der Waals surface area contributed by atoms with Gasteiger partial charge in [-0.1, -0.05) is 49.6 Å². The molecule has 0 heterocycles. The van der Waals surface area contributed by atoms with E-state index in [1.807, 2.05) is 38.1 Å². The number of rotatable bonds is 4. The Bertz CT molecular complexity index is 541. The van der Waals surface area contributed by atoms with E-state index in [4.69, 9.17) is 0 Å². The van der Waals surface area contributed by atoms with Gasteiger partial charge in [0.25, 0.3) is 0 Å². The summed E-state index contributed by atoms with van der Waals surface area (Å²) in [5.74, 6) is -0.794. The van der Waals surface area contributed by atoms with Crippen molar-refractivity contribution in [3.63, 3.8) is 0 Å². The zero-order chi connectivity index (χ0) is 15.5. The molecular weight excluding hydrogens is 266 g/mol. The molecular formula is C17H23NO3. The highest BCUT2D eigenvalue weighted by molar-refractivity contribution is 5.88. The number of aliphatic carboxylic acids is 1. The number of benzene rings is 1. The van der Waals surface area contributed by atoms with Crippen LogP contribution < -0.4 is 5.32 Å². The molecule has 1 amide bonds. The topological polar surface area (TPSA) is 66.4 Å².